The lowest BCUT2D eigenvalue weighted by atomic mass is 10.1. The van der Waals surface area contributed by atoms with E-state index < -0.39 is 21.4 Å². The second kappa shape index (κ2) is 5.16. The highest BCUT2D eigenvalue weighted by atomic mass is 32.3. The molecule has 0 aromatic carbocycles. The molecule has 1 aromatic heterocycles. The number of hydrogen-bond donors (Lipinski definition) is 0. The van der Waals surface area contributed by atoms with Crippen LogP contribution in [-0.2, 0) is 15.0 Å². The molecule has 6 nitrogen and oxygen atoms in total. The number of hydrogen-bond acceptors (Lipinski definition) is 4. The van der Waals surface area contributed by atoms with Crippen LogP contribution in [-0.4, -0.2) is 35.9 Å². The highest BCUT2D eigenvalue weighted by molar-refractivity contribution is 7.87. The van der Waals surface area contributed by atoms with Crippen LogP contribution in [0.1, 0.15) is 33.2 Å². The van der Waals surface area contributed by atoms with E-state index in [-0.39, 0.29) is 19.0 Å². The van der Waals surface area contributed by atoms with E-state index in [4.69, 9.17) is 0 Å². The fourth-order valence-electron chi connectivity index (χ4n) is 2.20. The third-order valence-electron chi connectivity index (χ3n) is 3.76. The fourth-order valence-corrected chi connectivity index (χ4v) is 2.87. The number of halogens is 1. The molecule has 1 saturated heterocycles. The second-order valence-electron chi connectivity index (χ2n) is 5.42. The molecule has 1 aromatic rings. The largest absolute Gasteiger partial charge is 0.307 e. The summed E-state index contributed by atoms with van der Waals surface area (Å²) in [5.74, 6) is 0.420. The van der Waals surface area contributed by atoms with E-state index in [1.807, 2.05) is 20.8 Å². The predicted molar refractivity (Wildman–Crippen MR) is 72.6 cm³/mol. The molecule has 2 heterocycles. The topological polar surface area (TPSA) is 72.3 Å². The first-order valence-electron chi connectivity index (χ1n) is 6.49. The molecule has 1 amide bonds. The highest BCUT2D eigenvalue weighted by Gasteiger charge is 2.40. The number of carbonyl (C=O) groups excluding carboxylic acids is 1. The summed E-state index contributed by atoms with van der Waals surface area (Å²) in [6.45, 7) is 5.85. The van der Waals surface area contributed by atoms with E-state index in [9.17, 15) is 17.1 Å². The average molecular weight is 303 g/mol. The summed E-state index contributed by atoms with van der Waals surface area (Å²) in [5, 5.41) is 2.90. The third-order valence-corrected chi connectivity index (χ3v) is 4.88. The highest BCUT2D eigenvalue weighted by Crippen LogP contribution is 2.29. The molecule has 0 saturated carbocycles. The van der Waals surface area contributed by atoms with Crippen molar-refractivity contribution < 1.29 is 17.1 Å². The van der Waals surface area contributed by atoms with Crippen LogP contribution in [0.4, 0.5) is 9.70 Å². The number of nitrogens with zero attached hydrogens (tertiary/aromatic N) is 3. The molecule has 20 heavy (non-hydrogen) atoms. The Morgan fingerprint density at radius 1 is 1.40 bits per heavy atom. The Morgan fingerprint density at radius 2 is 2.05 bits per heavy atom. The molecule has 1 fully saturated rings. The molecule has 0 aliphatic carbocycles. The molecule has 2 rings (SSSR count). The van der Waals surface area contributed by atoms with Gasteiger partial charge in [-0.2, -0.15) is 13.5 Å². The van der Waals surface area contributed by atoms with Crippen LogP contribution in [0, 0.1) is 5.92 Å². The smallest absolute Gasteiger partial charge is 0.296 e. The van der Waals surface area contributed by atoms with Gasteiger partial charge in [-0.15, -0.1) is 3.89 Å². The van der Waals surface area contributed by atoms with Gasteiger partial charge in [-0.05, 0) is 12.8 Å². The quantitative estimate of drug-likeness (QED) is 0.790. The first-order chi connectivity index (χ1) is 9.21. The summed E-state index contributed by atoms with van der Waals surface area (Å²) in [6.07, 6.45) is 1.23. The van der Waals surface area contributed by atoms with Gasteiger partial charge >= 0.3 is 10.2 Å². The monoisotopic (exact) mass is 303 g/mol. The van der Waals surface area contributed by atoms with E-state index in [1.54, 1.807) is 16.9 Å². The van der Waals surface area contributed by atoms with E-state index in [0.717, 1.165) is 0 Å². The number of aromatic nitrogens is 2. The number of amides is 1. The zero-order valence-corrected chi connectivity index (χ0v) is 12.5. The first kappa shape index (κ1) is 15.0. The van der Waals surface area contributed by atoms with Crippen molar-refractivity contribution in [3.8, 4) is 0 Å². The van der Waals surface area contributed by atoms with Crippen LogP contribution in [0.3, 0.4) is 0 Å². The minimum Gasteiger partial charge on any atom is -0.296 e. The van der Waals surface area contributed by atoms with Crippen molar-refractivity contribution in [3.63, 3.8) is 0 Å². The molecule has 112 valence electrons. The summed E-state index contributed by atoms with van der Waals surface area (Å²) in [5.41, 5.74) is 0. The normalized spacial score (nSPS) is 21.8. The van der Waals surface area contributed by atoms with Crippen molar-refractivity contribution in [3.05, 3.63) is 12.3 Å². The van der Waals surface area contributed by atoms with Gasteiger partial charge in [0, 0.05) is 19.0 Å². The van der Waals surface area contributed by atoms with Gasteiger partial charge in [0.2, 0.25) is 5.91 Å². The lowest BCUT2D eigenvalue weighted by Gasteiger charge is -2.23. The number of rotatable bonds is 4. The molecule has 0 N–H and O–H groups in total. The molecule has 0 bridgehead atoms. The molecule has 0 radical (unpaired) electrons. The standard InChI is InChI=1S/C12H18FN3O3S/c1-8(2)9(3)16-11(4-5-14-16)15-7-10(6-12(15)17)20(13,18)19/h4-5,8-10H,6-7H2,1-3H3. The Labute approximate surface area is 117 Å². The van der Waals surface area contributed by atoms with Crippen LogP contribution in [0.2, 0.25) is 0 Å². The van der Waals surface area contributed by atoms with Crippen molar-refractivity contribution in [2.45, 2.75) is 38.5 Å². The Bertz CT molecular complexity index is 611. The molecular weight excluding hydrogens is 285 g/mol. The molecule has 1 aliphatic heterocycles. The summed E-state index contributed by atoms with van der Waals surface area (Å²) >= 11 is 0. The Morgan fingerprint density at radius 3 is 2.55 bits per heavy atom. The average Bonchev–Trinajstić information content (AvgIpc) is 2.92. The summed E-state index contributed by atoms with van der Waals surface area (Å²) in [6, 6.07) is 1.69. The molecule has 0 spiro atoms. The lowest BCUT2D eigenvalue weighted by molar-refractivity contribution is -0.117. The van der Waals surface area contributed by atoms with Gasteiger partial charge in [0.25, 0.3) is 0 Å². The van der Waals surface area contributed by atoms with Gasteiger partial charge in [-0.25, -0.2) is 4.68 Å². The molecular formula is C12H18FN3O3S. The van der Waals surface area contributed by atoms with Crippen LogP contribution in [0.15, 0.2) is 12.3 Å². The van der Waals surface area contributed by atoms with Crippen molar-refractivity contribution in [2.24, 2.45) is 5.92 Å². The first-order valence-corrected chi connectivity index (χ1v) is 7.94. The van der Waals surface area contributed by atoms with E-state index in [0.29, 0.717) is 11.7 Å². The Hall–Kier alpha value is -1.44. The van der Waals surface area contributed by atoms with Crippen molar-refractivity contribution in [1.82, 2.24) is 9.78 Å². The Balaban J connectivity index is 2.30. The minimum absolute atomic E-state index is 0.0498. The van der Waals surface area contributed by atoms with Crippen LogP contribution >= 0.6 is 0 Å². The van der Waals surface area contributed by atoms with E-state index in [2.05, 4.69) is 5.10 Å². The van der Waals surface area contributed by atoms with Crippen LogP contribution in [0.25, 0.3) is 0 Å². The van der Waals surface area contributed by atoms with Crippen molar-refractivity contribution >= 4 is 21.9 Å². The summed E-state index contributed by atoms with van der Waals surface area (Å²) < 4.78 is 36.6. The SMILES string of the molecule is CC(C)C(C)n1nccc1N1CC(S(=O)(=O)F)CC1=O. The second-order valence-corrected chi connectivity index (χ2v) is 7.04. The maximum Gasteiger partial charge on any atom is 0.307 e. The van der Waals surface area contributed by atoms with Crippen molar-refractivity contribution in [2.75, 3.05) is 11.4 Å². The summed E-state index contributed by atoms with van der Waals surface area (Å²) in [7, 11) is -4.70. The number of anilines is 1. The third kappa shape index (κ3) is 2.70. The van der Waals surface area contributed by atoms with Gasteiger partial charge in [-0.1, -0.05) is 13.8 Å². The molecule has 1 aliphatic rings. The zero-order valence-electron chi connectivity index (χ0n) is 11.7. The van der Waals surface area contributed by atoms with E-state index in [1.165, 1.54) is 4.90 Å². The molecule has 8 heteroatoms. The Kier molecular flexibility index (Phi) is 3.86. The van der Waals surface area contributed by atoms with Crippen LogP contribution in [0.5, 0.6) is 0 Å². The maximum atomic E-state index is 13.0. The lowest BCUT2D eigenvalue weighted by Crippen LogP contribution is -2.30. The number of carbonyl (C=O) groups is 1. The molecule has 2 atom stereocenters. The van der Waals surface area contributed by atoms with Gasteiger partial charge < -0.3 is 0 Å². The van der Waals surface area contributed by atoms with Gasteiger partial charge in [-0.3, -0.25) is 9.69 Å². The van der Waals surface area contributed by atoms with Crippen molar-refractivity contribution in [1.29, 1.82) is 0 Å². The summed E-state index contributed by atoms with van der Waals surface area (Å²) in [4.78, 5) is 13.2. The fraction of sp³-hybridized carbons (Fsp3) is 0.667. The minimum atomic E-state index is -4.70. The predicted octanol–water partition coefficient (Wildman–Crippen LogP) is 1.50. The van der Waals surface area contributed by atoms with E-state index >= 15 is 0 Å². The van der Waals surface area contributed by atoms with Crippen LogP contribution < -0.4 is 4.90 Å². The van der Waals surface area contributed by atoms with Gasteiger partial charge in [0.1, 0.15) is 11.1 Å². The van der Waals surface area contributed by atoms with Gasteiger partial charge in [0.05, 0.1) is 12.2 Å². The molecule has 2 unspecified atom stereocenters. The zero-order chi connectivity index (χ0) is 15.1. The van der Waals surface area contributed by atoms with Gasteiger partial charge in [0.15, 0.2) is 0 Å². The maximum absolute atomic E-state index is 13.0.